The molecular formula is C24H33BrO2. The third kappa shape index (κ3) is 4.51. The third-order valence-corrected chi connectivity index (χ3v) is 6.14. The Morgan fingerprint density at radius 3 is 1.15 bits per heavy atom. The van der Waals surface area contributed by atoms with Gasteiger partial charge in [-0.15, -0.1) is 0 Å². The second-order valence-electron chi connectivity index (χ2n) is 6.84. The van der Waals surface area contributed by atoms with Crippen LogP contribution in [0.3, 0.4) is 0 Å². The number of benzene rings is 2. The van der Waals surface area contributed by atoms with Crippen LogP contribution in [0.1, 0.15) is 67.0 Å². The van der Waals surface area contributed by atoms with Gasteiger partial charge < -0.3 is 9.47 Å². The first-order valence-electron chi connectivity index (χ1n) is 10.0. The Morgan fingerprint density at radius 1 is 0.667 bits per heavy atom. The summed E-state index contributed by atoms with van der Waals surface area (Å²) in [6.45, 7) is 8.94. The van der Waals surface area contributed by atoms with Crippen LogP contribution in [0.15, 0.2) is 24.3 Å². The van der Waals surface area contributed by atoms with Crippen LogP contribution >= 0.6 is 15.9 Å². The topological polar surface area (TPSA) is 18.5 Å². The molecule has 2 aromatic rings. The summed E-state index contributed by atoms with van der Waals surface area (Å²) >= 11 is 3.85. The third-order valence-electron chi connectivity index (χ3n) is 5.50. The van der Waals surface area contributed by atoms with Crippen LogP contribution in [0.5, 0.6) is 11.5 Å². The molecule has 0 aliphatic carbocycles. The van der Waals surface area contributed by atoms with Crippen molar-refractivity contribution >= 4 is 15.9 Å². The molecule has 2 rings (SSSR count). The summed E-state index contributed by atoms with van der Waals surface area (Å²) in [5.74, 6) is 2.25. The smallest absolute Gasteiger partial charge is 0.119 e. The first-order chi connectivity index (χ1) is 13.1. The Kier molecular flexibility index (Phi) is 8.22. The first-order valence-corrected chi connectivity index (χ1v) is 11.2. The van der Waals surface area contributed by atoms with Crippen molar-refractivity contribution in [3.05, 3.63) is 57.6 Å². The Bertz CT molecular complexity index is 653. The van der Waals surface area contributed by atoms with Crippen molar-refractivity contribution in [1.29, 1.82) is 0 Å². The molecule has 0 unspecified atom stereocenters. The fourth-order valence-corrected chi connectivity index (χ4v) is 4.74. The quantitative estimate of drug-likeness (QED) is 0.422. The molecule has 0 radical (unpaired) electrons. The molecule has 148 valence electrons. The molecule has 0 aliphatic heterocycles. The molecule has 0 amide bonds. The molecule has 0 heterocycles. The summed E-state index contributed by atoms with van der Waals surface area (Å²) < 4.78 is 11.1. The molecule has 0 N–H and O–H groups in total. The van der Waals surface area contributed by atoms with E-state index in [1.165, 1.54) is 33.4 Å². The molecule has 0 fully saturated rings. The number of ether oxygens (including phenoxy) is 2. The molecule has 3 heteroatoms. The van der Waals surface area contributed by atoms with Crippen molar-refractivity contribution in [2.24, 2.45) is 0 Å². The number of aryl methyl sites for hydroxylation is 4. The fraction of sp³-hybridized carbons (Fsp3) is 0.500. The summed E-state index contributed by atoms with van der Waals surface area (Å²) in [4.78, 5) is 0. The molecular weight excluding hydrogens is 400 g/mol. The lowest BCUT2D eigenvalue weighted by Gasteiger charge is -2.27. The summed E-state index contributed by atoms with van der Waals surface area (Å²) in [5, 5.41) is 0.908. The summed E-state index contributed by atoms with van der Waals surface area (Å²) in [6.07, 6.45) is 4.01. The maximum atomic E-state index is 5.57. The van der Waals surface area contributed by atoms with E-state index in [9.17, 15) is 0 Å². The van der Waals surface area contributed by atoms with E-state index >= 15 is 0 Å². The Hall–Kier alpha value is -1.48. The monoisotopic (exact) mass is 432 g/mol. The van der Waals surface area contributed by atoms with E-state index < -0.39 is 0 Å². The van der Waals surface area contributed by atoms with Gasteiger partial charge in [-0.3, -0.25) is 0 Å². The SMILES string of the molecule is CCc1cc(OC)cc(CC)c1C(CBr)c1c(CC)cc(OC)cc1CC. The van der Waals surface area contributed by atoms with Gasteiger partial charge in [0.05, 0.1) is 14.2 Å². The van der Waals surface area contributed by atoms with Crippen LogP contribution in [0.2, 0.25) is 0 Å². The maximum Gasteiger partial charge on any atom is 0.119 e. The molecule has 0 saturated heterocycles. The van der Waals surface area contributed by atoms with Crippen LogP contribution in [-0.4, -0.2) is 19.5 Å². The average molecular weight is 433 g/mol. The van der Waals surface area contributed by atoms with Crippen molar-refractivity contribution in [1.82, 2.24) is 0 Å². The van der Waals surface area contributed by atoms with Gasteiger partial charge in [-0.25, -0.2) is 0 Å². The van der Waals surface area contributed by atoms with E-state index in [4.69, 9.17) is 9.47 Å². The maximum absolute atomic E-state index is 5.57. The Morgan fingerprint density at radius 2 is 0.963 bits per heavy atom. The summed E-state index contributed by atoms with van der Waals surface area (Å²) in [5.41, 5.74) is 8.47. The standard InChI is InChI=1S/C24H33BrO2/c1-7-16-11-20(26-5)12-17(8-2)23(16)22(15-25)24-18(9-3)13-21(27-6)14-19(24)10-4/h11-14,22H,7-10,15H2,1-6H3. The molecule has 0 spiro atoms. The number of alkyl halides is 1. The number of hydrogen-bond donors (Lipinski definition) is 0. The number of methoxy groups -OCH3 is 2. The zero-order valence-corrected chi connectivity index (χ0v) is 19.2. The van der Waals surface area contributed by atoms with Crippen LogP contribution in [0.4, 0.5) is 0 Å². The van der Waals surface area contributed by atoms with Gasteiger partial charge in [0, 0.05) is 11.2 Å². The van der Waals surface area contributed by atoms with Gasteiger partial charge in [0.1, 0.15) is 11.5 Å². The molecule has 0 aromatic heterocycles. The van der Waals surface area contributed by atoms with Gasteiger partial charge in [0.15, 0.2) is 0 Å². The van der Waals surface area contributed by atoms with Crippen LogP contribution in [-0.2, 0) is 25.7 Å². The van der Waals surface area contributed by atoms with Crippen molar-refractivity contribution in [3.8, 4) is 11.5 Å². The van der Waals surface area contributed by atoms with E-state index in [1.807, 2.05) is 0 Å². The van der Waals surface area contributed by atoms with Gasteiger partial charge in [0.2, 0.25) is 0 Å². The number of rotatable bonds is 9. The minimum Gasteiger partial charge on any atom is -0.497 e. The molecule has 0 atom stereocenters. The number of hydrogen-bond acceptors (Lipinski definition) is 2. The number of halogens is 1. The Balaban J connectivity index is 2.78. The minimum atomic E-state index is 0.330. The predicted molar refractivity (Wildman–Crippen MR) is 119 cm³/mol. The van der Waals surface area contributed by atoms with E-state index in [0.29, 0.717) is 5.92 Å². The minimum absolute atomic E-state index is 0.330. The molecule has 0 bridgehead atoms. The van der Waals surface area contributed by atoms with E-state index in [2.05, 4.69) is 67.9 Å². The van der Waals surface area contributed by atoms with Crippen molar-refractivity contribution in [3.63, 3.8) is 0 Å². The van der Waals surface area contributed by atoms with E-state index in [0.717, 1.165) is 42.5 Å². The van der Waals surface area contributed by atoms with Crippen LogP contribution in [0, 0.1) is 0 Å². The zero-order chi connectivity index (χ0) is 20.0. The lowest BCUT2D eigenvalue weighted by atomic mass is 9.79. The highest BCUT2D eigenvalue weighted by Crippen LogP contribution is 2.39. The van der Waals surface area contributed by atoms with Gasteiger partial charge in [-0.2, -0.15) is 0 Å². The average Bonchev–Trinajstić information content (AvgIpc) is 2.73. The van der Waals surface area contributed by atoms with Gasteiger partial charge in [-0.1, -0.05) is 43.6 Å². The van der Waals surface area contributed by atoms with Gasteiger partial charge in [-0.05, 0) is 83.3 Å². The molecule has 2 nitrogen and oxygen atoms in total. The summed E-state index contributed by atoms with van der Waals surface area (Å²) in [7, 11) is 3.51. The van der Waals surface area contributed by atoms with Crippen LogP contribution < -0.4 is 9.47 Å². The Labute approximate surface area is 173 Å². The second kappa shape index (κ2) is 10.2. The summed E-state index contributed by atoms with van der Waals surface area (Å²) in [6, 6.07) is 8.85. The molecule has 0 aliphatic rings. The highest BCUT2D eigenvalue weighted by Gasteiger charge is 2.25. The first kappa shape index (κ1) is 21.8. The largest absolute Gasteiger partial charge is 0.497 e. The molecule has 27 heavy (non-hydrogen) atoms. The van der Waals surface area contributed by atoms with Crippen molar-refractivity contribution < 1.29 is 9.47 Å². The lowest BCUT2D eigenvalue weighted by molar-refractivity contribution is 0.413. The lowest BCUT2D eigenvalue weighted by Crippen LogP contribution is -2.14. The fourth-order valence-electron chi connectivity index (χ4n) is 4.09. The normalized spacial score (nSPS) is 11.1. The second-order valence-corrected chi connectivity index (χ2v) is 7.49. The van der Waals surface area contributed by atoms with Gasteiger partial charge >= 0.3 is 0 Å². The van der Waals surface area contributed by atoms with Crippen molar-refractivity contribution in [2.45, 2.75) is 59.3 Å². The highest BCUT2D eigenvalue weighted by molar-refractivity contribution is 9.09. The van der Waals surface area contributed by atoms with Crippen molar-refractivity contribution in [2.75, 3.05) is 19.5 Å². The van der Waals surface area contributed by atoms with E-state index in [-0.39, 0.29) is 0 Å². The molecule has 0 saturated carbocycles. The van der Waals surface area contributed by atoms with E-state index in [1.54, 1.807) is 14.2 Å². The molecule has 2 aromatic carbocycles. The van der Waals surface area contributed by atoms with Crippen LogP contribution in [0.25, 0.3) is 0 Å². The van der Waals surface area contributed by atoms with Gasteiger partial charge in [0.25, 0.3) is 0 Å². The highest BCUT2D eigenvalue weighted by atomic mass is 79.9. The predicted octanol–water partition coefficient (Wildman–Crippen LogP) is 6.48. The zero-order valence-electron chi connectivity index (χ0n) is 17.6.